The lowest BCUT2D eigenvalue weighted by Crippen LogP contribution is -2.31. The molecule has 0 aliphatic heterocycles. The summed E-state index contributed by atoms with van der Waals surface area (Å²) < 4.78 is 33.5. The van der Waals surface area contributed by atoms with Crippen LogP contribution in [0.5, 0.6) is 17.2 Å². The van der Waals surface area contributed by atoms with Gasteiger partial charge in [0.05, 0.1) is 43.4 Å². The van der Waals surface area contributed by atoms with Crippen LogP contribution < -0.4 is 14.2 Å². The molecule has 162 valence electrons. The Labute approximate surface area is 182 Å². The Hall–Kier alpha value is -2.55. The summed E-state index contributed by atoms with van der Waals surface area (Å²) in [5.74, 6) is 0.412. The summed E-state index contributed by atoms with van der Waals surface area (Å²) in [6.45, 7) is 0. The molecular formula is C21H23ClO7S. The lowest BCUT2D eigenvalue weighted by atomic mass is 10.1. The first-order chi connectivity index (χ1) is 14.3. The number of carboxylic acids is 1. The van der Waals surface area contributed by atoms with Crippen LogP contribution in [0.15, 0.2) is 41.8 Å². The Balaban J connectivity index is 2.26. The Bertz CT molecular complexity index is 935. The third-order valence-electron chi connectivity index (χ3n) is 4.30. The molecule has 0 saturated carbocycles. The first-order valence-corrected chi connectivity index (χ1v) is 10.5. The van der Waals surface area contributed by atoms with E-state index >= 15 is 0 Å². The number of hydrogen-bond acceptors (Lipinski definition) is 6. The number of rotatable bonds is 10. The van der Waals surface area contributed by atoms with Gasteiger partial charge in [-0.25, -0.2) is 4.79 Å². The third kappa shape index (κ3) is 5.33. The molecule has 0 spiro atoms. The molecular weight excluding hydrogens is 432 g/mol. The van der Waals surface area contributed by atoms with Gasteiger partial charge in [-0.1, -0.05) is 35.9 Å². The lowest BCUT2D eigenvalue weighted by molar-refractivity contribution is -0.153. The van der Waals surface area contributed by atoms with Gasteiger partial charge in [0.1, 0.15) is 17.2 Å². The fourth-order valence-electron chi connectivity index (χ4n) is 2.74. The number of halogens is 1. The quantitative estimate of drug-likeness (QED) is 0.546. The average Bonchev–Trinajstić information content (AvgIpc) is 2.76. The first kappa shape index (κ1) is 23.7. The molecule has 1 N–H and O–H groups in total. The van der Waals surface area contributed by atoms with Crippen LogP contribution in [0, 0.1) is 0 Å². The number of carboxylic acid groups (broad SMARTS) is 1. The van der Waals surface area contributed by atoms with Crippen LogP contribution >= 0.6 is 11.6 Å². The molecule has 2 unspecified atom stereocenters. The van der Waals surface area contributed by atoms with E-state index in [1.165, 1.54) is 33.8 Å². The minimum absolute atomic E-state index is 0.154. The van der Waals surface area contributed by atoms with Gasteiger partial charge in [0.25, 0.3) is 5.06 Å². The number of methoxy groups -OCH3 is 4. The Kier molecular flexibility index (Phi) is 8.28. The zero-order valence-electron chi connectivity index (χ0n) is 17.0. The van der Waals surface area contributed by atoms with Gasteiger partial charge in [-0.2, -0.15) is 0 Å². The summed E-state index contributed by atoms with van der Waals surface area (Å²) in [6.07, 6.45) is 1.65. The zero-order valence-corrected chi connectivity index (χ0v) is 18.6. The molecule has 30 heavy (non-hydrogen) atoms. The smallest absolute Gasteiger partial charge is 0.356 e. The molecule has 0 aliphatic rings. The van der Waals surface area contributed by atoms with Crippen molar-refractivity contribution in [3.05, 3.63) is 58.5 Å². The van der Waals surface area contributed by atoms with E-state index in [9.17, 15) is 14.1 Å². The highest BCUT2D eigenvalue weighted by atomic mass is 35.5. The number of alkyl halides is 1. The van der Waals surface area contributed by atoms with E-state index in [4.69, 9.17) is 30.5 Å². The Morgan fingerprint density at radius 1 is 1.10 bits per heavy atom. The van der Waals surface area contributed by atoms with Gasteiger partial charge >= 0.3 is 5.97 Å². The van der Waals surface area contributed by atoms with Gasteiger partial charge < -0.3 is 24.1 Å². The van der Waals surface area contributed by atoms with E-state index in [-0.39, 0.29) is 11.3 Å². The topological polar surface area (TPSA) is 91.3 Å². The van der Waals surface area contributed by atoms with E-state index in [0.29, 0.717) is 28.4 Å². The van der Waals surface area contributed by atoms with Crippen molar-refractivity contribution in [3.63, 3.8) is 0 Å². The second-order valence-corrected chi connectivity index (χ2v) is 7.93. The Morgan fingerprint density at radius 2 is 1.73 bits per heavy atom. The zero-order chi connectivity index (χ0) is 22.3. The number of aliphatic carboxylic acids is 1. The second kappa shape index (κ2) is 10.5. The fourth-order valence-corrected chi connectivity index (χ4v) is 3.75. The highest BCUT2D eigenvalue weighted by molar-refractivity contribution is 7.87. The minimum Gasteiger partial charge on any atom is -0.496 e. The van der Waals surface area contributed by atoms with Gasteiger partial charge in [0, 0.05) is 30.2 Å². The Morgan fingerprint density at radius 3 is 2.23 bits per heavy atom. The molecule has 0 amide bonds. The van der Waals surface area contributed by atoms with E-state index in [2.05, 4.69) is 0 Å². The van der Waals surface area contributed by atoms with Gasteiger partial charge in [0.2, 0.25) is 0 Å². The number of ether oxygens (including phenoxy) is 4. The van der Waals surface area contributed by atoms with Crippen molar-refractivity contribution in [2.24, 2.45) is 0 Å². The van der Waals surface area contributed by atoms with Gasteiger partial charge in [-0.3, -0.25) is 4.21 Å². The molecule has 2 aromatic rings. The molecule has 0 saturated heterocycles. The van der Waals surface area contributed by atoms with Crippen LogP contribution in [-0.4, -0.2) is 43.7 Å². The van der Waals surface area contributed by atoms with Crippen molar-refractivity contribution in [2.75, 3.05) is 28.4 Å². The largest absolute Gasteiger partial charge is 0.496 e. The second-order valence-electron chi connectivity index (χ2n) is 6.08. The van der Waals surface area contributed by atoms with E-state index in [1.807, 2.05) is 0 Å². The van der Waals surface area contributed by atoms with Crippen molar-refractivity contribution in [2.45, 2.75) is 10.8 Å². The van der Waals surface area contributed by atoms with Crippen molar-refractivity contribution in [3.8, 4) is 17.2 Å². The summed E-state index contributed by atoms with van der Waals surface area (Å²) in [7, 11) is 4.39. The van der Waals surface area contributed by atoms with Crippen LogP contribution in [0.3, 0.4) is 0 Å². The monoisotopic (exact) mass is 454 g/mol. The number of hydrogen-bond donors (Lipinski definition) is 1. The molecule has 2 rings (SSSR count). The molecule has 0 heterocycles. The predicted molar refractivity (Wildman–Crippen MR) is 116 cm³/mol. The summed E-state index contributed by atoms with van der Waals surface area (Å²) in [5.41, 5.74) is 1.51. The van der Waals surface area contributed by atoms with E-state index in [0.717, 1.165) is 0 Å². The molecule has 0 fully saturated rings. The van der Waals surface area contributed by atoms with Gasteiger partial charge in [0.15, 0.2) is 0 Å². The van der Waals surface area contributed by atoms with Crippen molar-refractivity contribution >= 4 is 34.4 Å². The molecule has 9 heteroatoms. The molecule has 0 aliphatic carbocycles. The summed E-state index contributed by atoms with van der Waals surface area (Å²) in [6, 6.07) is 9.88. The van der Waals surface area contributed by atoms with Crippen LogP contribution in [0.25, 0.3) is 6.08 Å². The van der Waals surface area contributed by atoms with Crippen molar-refractivity contribution in [1.29, 1.82) is 0 Å². The van der Waals surface area contributed by atoms with Gasteiger partial charge in [-0.15, -0.1) is 0 Å². The number of carbonyl (C=O) groups is 1. The van der Waals surface area contributed by atoms with E-state index < -0.39 is 21.8 Å². The normalized spacial score (nSPS) is 14.2. The molecule has 7 nitrogen and oxygen atoms in total. The number of benzene rings is 2. The van der Waals surface area contributed by atoms with Crippen molar-refractivity contribution < 1.29 is 33.1 Å². The highest BCUT2D eigenvalue weighted by Crippen LogP contribution is 2.35. The maximum atomic E-state index is 12.6. The maximum Gasteiger partial charge on any atom is 0.356 e. The van der Waals surface area contributed by atoms with Crippen LogP contribution in [-0.2, 0) is 31.1 Å². The van der Waals surface area contributed by atoms with Crippen LogP contribution in [0.1, 0.15) is 16.7 Å². The molecule has 0 aromatic heterocycles. The highest BCUT2D eigenvalue weighted by Gasteiger charge is 2.38. The standard InChI is InChI=1S/C21H23ClO7S/c1-26-16-11-18(27-2)17(19(12-16)28-3)8-9-30(25)13-14-6-5-7-15(10-14)21(22,29-4)20(23)24/h5-12H,13H2,1-4H3,(H,23,24). The molecule has 0 bridgehead atoms. The van der Waals surface area contributed by atoms with Gasteiger partial charge in [-0.05, 0) is 11.6 Å². The molecule has 2 atom stereocenters. The summed E-state index contributed by atoms with van der Waals surface area (Å²) >= 11 is 6.08. The maximum absolute atomic E-state index is 12.6. The van der Waals surface area contributed by atoms with Crippen molar-refractivity contribution in [1.82, 2.24) is 0 Å². The summed E-state index contributed by atoms with van der Waals surface area (Å²) in [5, 5.41) is 8.86. The third-order valence-corrected chi connectivity index (χ3v) is 5.89. The van der Waals surface area contributed by atoms with E-state index in [1.54, 1.807) is 42.5 Å². The van der Waals surface area contributed by atoms with Crippen LogP contribution in [0.2, 0.25) is 0 Å². The average molecular weight is 455 g/mol. The molecule has 2 aromatic carbocycles. The fraction of sp³-hybridized carbons (Fsp3) is 0.286. The first-order valence-electron chi connectivity index (χ1n) is 8.71. The SMILES string of the molecule is COc1cc(OC)c(C=CS(=O)Cc2cccc(C(Cl)(OC)C(=O)O)c2)c(OC)c1. The van der Waals surface area contributed by atoms with Crippen LogP contribution in [0.4, 0.5) is 0 Å². The predicted octanol–water partition coefficient (Wildman–Crippen LogP) is 3.75. The minimum atomic E-state index is -2.00. The lowest BCUT2D eigenvalue weighted by Gasteiger charge is -2.21. The molecule has 0 radical (unpaired) electrons. The summed E-state index contributed by atoms with van der Waals surface area (Å²) in [4.78, 5) is 11.5.